The van der Waals surface area contributed by atoms with Crippen LogP contribution in [0, 0.1) is 0 Å². The summed E-state index contributed by atoms with van der Waals surface area (Å²) in [6, 6.07) is 5.55. The summed E-state index contributed by atoms with van der Waals surface area (Å²) in [6.07, 6.45) is 1.97. The average Bonchev–Trinajstić information content (AvgIpc) is 2.17. The number of benzene rings is 1. The highest BCUT2D eigenvalue weighted by Crippen LogP contribution is 2.25. The molecule has 0 saturated heterocycles. The largest absolute Gasteiger partial charge is 0.293 e. The Morgan fingerprint density at radius 3 is 2.71 bits per heavy atom. The lowest BCUT2D eigenvalue weighted by Gasteiger charge is -2.06. The zero-order valence-corrected chi connectivity index (χ0v) is 11.2. The molecular weight excluding hydrogens is 280 g/mol. The molecule has 14 heavy (non-hydrogen) atoms. The number of thiol groups is 1. The monoisotopic (exact) mass is 290 g/mol. The number of ketones is 1. The first-order valence-corrected chi connectivity index (χ1v) is 6.70. The summed E-state index contributed by atoms with van der Waals surface area (Å²) in [4.78, 5) is 13.5. The van der Waals surface area contributed by atoms with E-state index in [0.717, 1.165) is 15.4 Å². The normalized spacial score (nSPS) is 12.6. The SMILES string of the molecule is CSc1cc(C(=O)C(C)Br)ccc1S. The number of carbonyl (C=O) groups is 1. The number of alkyl halides is 1. The molecule has 1 unspecified atom stereocenters. The second kappa shape index (κ2) is 5.24. The van der Waals surface area contributed by atoms with Gasteiger partial charge < -0.3 is 0 Å². The molecule has 1 atom stereocenters. The Balaban J connectivity index is 3.06. The van der Waals surface area contributed by atoms with E-state index < -0.39 is 0 Å². The molecule has 0 amide bonds. The van der Waals surface area contributed by atoms with Gasteiger partial charge in [-0.25, -0.2) is 0 Å². The molecule has 0 fully saturated rings. The standard InChI is InChI=1S/C10H11BrOS2/c1-6(11)10(12)7-3-4-8(13)9(5-7)14-2/h3-6,13H,1-2H3. The molecule has 1 nitrogen and oxygen atoms in total. The van der Waals surface area contributed by atoms with Crippen molar-refractivity contribution < 1.29 is 4.79 Å². The maximum atomic E-state index is 11.6. The lowest BCUT2D eigenvalue weighted by molar-refractivity contribution is 0.0995. The first kappa shape index (κ1) is 12.1. The predicted octanol–water partition coefficient (Wildman–Crippen LogP) is 3.66. The van der Waals surface area contributed by atoms with Gasteiger partial charge >= 0.3 is 0 Å². The van der Waals surface area contributed by atoms with Gasteiger partial charge in [0.05, 0.1) is 4.83 Å². The average molecular weight is 291 g/mol. The summed E-state index contributed by atoms with van der Waals surface area (Å²) < 4.78 is 0. The highest BCUT2D eigenvalue weighted by atomic mass is 79.9. The molecule has 0 radical (unpaired) electrons. The Bertz CT molecular complexity index is 350. The van der Waals surface area contributed by atoms with Crippen molar-refractivity contribution in [3.63, 3.8) is 0 Å². The van der Waals surface area contributed by atoms with E-state index in [-0.39, 0.29) is 10.6 Å². The zero-order valence-electron chi connectivity index (χ0n) is 7.95. The molecule has 0 heterocycles. The maximum absolute atomic E-state index is 11.6. The Labute approximate surface area is 102 Å². The number of thioether (sulfide) groups is 1. The molecule has 1 aromatic rings. The summed E-state index contributed by atoms with van der Waals surface area (Å²) in [5.41, 5.74) is 0.733. The summed E-state index contributed by atoms with van der Waals surface area (Å²) in [6.45, 7) is 1.83. The van der Waals surface area contributed by atoms with Crippen LogP contribution < -0.4 is 0 Å². The van der Waals surface area contributed by atoms with Gasteiger partial charge in [-0.05, 0) is 25.3 Å². The van der Waals surface area contributed by atoms with Crippen LogP contribution in [0.15, 0.2) is 28.0 Å². The van der Waals surface area contributed by atoms with Gasteiger partial charge in [-0.2, -0.15) is 0 Å². The minimum atomic E-state index is -0.136. The second-order valence-corrected chi connectivity index (χ2v) is 5.57. The van der Waals surface area contributed by atoms with E-state index in [0.29, 0.717) is 0 Å². The van der Waals surface area contributed by atoms with Gasteiger partial charge in [0.1, 0.15) is 0 Å². The minimum absolute atomic E-state index is 0.105. The third kappa shape index (κ3) is 2.78. The van der Waals surface area contributed by atoms with Crippen molar-refractivity contribution in [3.05, 3.63) is 23.8 Å². The van der Waals surface area contributed by atoms with Gasteiger partial charge in [-0.15, -0.1) is 24.4 Å². The predicted molar refractivity (Wildman–Crippen MR) is 68.2 cm³/mol. The van der Waals surface area contributed by atoms with E-state index in [1.807, 2.05) is 31.4 Å². The Morgan fingerprint density at radius 1 is 1.57 bits per heavy atom. The van der Waals surface area contributed by atoms with E-state index in [1.165, 1.54) is 0 Å². The summed E-state index contributed by atoms with van der Waals surface area (Å²) in [7, 11) is 0. The van der Waals surface area contributed by atoms with Gasteiger partial charge in [-0.3, -0.25) is 4.79 Å². The second-order valence-electron chi connectivity index (χ2n) is 2.87. The van der Waals surface area contributed by atoms with Gasteiger partial charge in [0.2, 0.25) is 0 Å². The topological polar surface area (TPSA) is 17.1 Å². The van der Waals surface area contributed by atoms with Gasteiger partial charge in [0.15, 0.2) is 5.78 Å². The molecule has 0 aliphatic rings. The van der Waals surface area contributed by atoms with Crippen molar-refractivity contribution in [1.82, 2.24) is 0 Å². The number of rotatable bonds is 3. The highest BCUT2D eigenvalue weighted by Gasteiger charge is 2.12. The van der Waals surface area contributed by atoms with Crippen molar-refractivity contribution in [2.75, 3.05) is 6.26 Å². The van der Waals surface area contributed by atoms with Crippen LogP contribution in [0.3, 0.4) is 0 Å². The first-order valence-electron chi connectivity index (χ1n) is 4.11. The lowest BCUT2D eigenvalue weighted by Crippen LogP contribution is -2.09. The smallest absolute Gasteiger partial charge is 0.176 e. The quantitative estimate of drug-likeness (QED) is 0.396. The van der Waals surface area contributed by atoms with Crippen molar-refractivity contribution in [3.8, 4) is 0 Å². The van der Waals surface area contributed by atoms with Crippen LogP contribution in [0.25, 0.3) is 0 Å². The Hall–Kier alpha value is 0.0700. The van der Waals surface area contributed by atoms with Crippen molar-refractivity contribution >= 4 is 46.1 Å². The number of carbonyl (C=O) groups excluding carboxylic acids is 1. The first-order chi connectivity index (χ1) is 6.56. The molecule has 76 valence electrons. The minimum Gasteiger partial charge on any atom is -0.293 e. The fraction of sp³-hybridized carbons (Fsp3) is 0.300. The van der Waals surface area contributed by atoms with Crippen LogP contribution in [0.1, 0.15) is 17.3 Å². The fourth-order valence-corrected chi connectivity index (χ4v) is 2.26. The van der Waals surface area contributed by atoms with Crippen LogP contribution in [-0.4, -0.2) is 16.9 Å². The van der Waals surface area contributed by atoms with Crippen LogP contribution >= 0.6 is 40.3 Å². The molecule has 0 bridgehead atoms. The highest BCUT2D eigenvalue weighted by molar-refractivity contribution is 9.10. The molecule has 1 aromatic carbocycles. The molecule has 0 aromatic heterocycles. The maximum Gasteiger partial charge on any atom is 0.176 e. The van der Waals surface area contributed by atoms with E-state index in [2.05, 4.69) is 28.6 Å². The van der Waals surface area contributed by atoms with Crippen molar-refractivity contribution in [1.29, 1.82) is 0 Å². The molecule has 0 aliphatic carbocycles. The van der Waals surface area contributed by atoms with E-state index in [4.69, 9.17) is 0 Å². The zero-order chi connectivity index (χ0) is 10.7. The van der Waals surface area contributed by atoms with Gasteiger partial charge in [0.25, 0.3) is 0 Å². The number of hydrogen-bond donors (Lipinski definition) is 1. The number of hydrogen-bond acceptors (Lipinski definition) is 3. The molecule has 0 N–H and O–H groups in total. The summed E-state index contributed by atoms with van der Waals surface area (Å²) in [5, 5.41) is 0. The number of halogens is 1. The van der Waals surface area contributed by atoms with E-state index in [9.17, 15) is 4.79 Å². The van der Waals surface area contributed by atoms with Gasteiger partial charge in [-0.1, -0.05) is 22.0 Å². The van der Waals surface area contributed by atoms with Gasteiger partial charge in [0, 0.05) is 15.4 Å². The van der Waals surface area contributed by atoms with E-state index >= 15 is 0 Å². The Morgan fingerprint density at radius 2 is 2.21 bits per heavy atom. The van der Waals surface area contributed by atoms with Crippen LogP contribution in [0.5, 0.6) is 0 Å². The van der Waals surface area contributed by atoms with E-state index in [1.54, 1.807) is 11.8 Å². The third-order valence-electron chi connectivity index (χ3n) is 1.83. The Kier molecular flexibility index (Phi) is 4.54. The molecule has 0 saturated carbocycles. The van der Waals surface area contributed by atoms with Crippen LogP contribution in [0.4, 0.5) is 0 Å². The number of Topliss-reactive ketones (excluding diaryl/α,β-unsaturated/α-hetero) is 1. The third-order valence-corrected chi connectivity index (χ3v) is 3.56. The van der Waals surface area contributed by atoms with Crippen molar-refractivity contribution in [2.24, 2.45) is 0 Å². The molecule has 1 rings (SSSR count). The van der Waals surface area contributed by atoms with Crippen LogP contribution in [0.2, 0.25) is 0 Å². The molecule has 0 spiro atoms. The lowest BCUT2D eigenvalue weighted by atomic mass is 10.1. The molecule has 4 heteroatoms. The summed E-state index contributed by atoms with van der Waals surface area (Å²) in [5.74, 6) is 0.105. The fourth-order valence-electron chi connectivity index (χ4n) is 1.06. The molecular formula is C10H11BrOS2. The van der Waals surface area contributed by atoms with Crippen molar-refractivity contribution in [2.45, 2.75) is 21.5 Å². The molecule has 0 aliphatic heterocycles. The summed E-state index contributed by atoms with van der Waals surface area (Å²) >= 11 is 9.16. The van der Waals surface area contributed by atoms with Crippen LogP contribution in [-0.2, 0) is 0 Å².